The normalized spacial score (nSPS) is 17.1. The van der Waals surface area contributed by atoms with E-state index < -0.39 is 0 Å². The number of hydrogen-bond acceptors (Lipinski definition) is 1. The van der Waals surface area contributed by atoms with E-state index in [1.807, 2.05) is 36.2 Å². The highest BCUT2D eigenvalue weighted by molar-refractivity contribution is 6.31. The Labute approximate surface area is 114 Å². The molecular formula is C14H20ClN3. The maximum atomic E-state index is 6.14. The zero-order valence-corrected chi connectivity index (χ0v) is 11.5. The SMILES string of the molecule is CN(Cc1ccccc1Cl)C(N)=NC1CCCC1. The van der Waals surface area contributed by atoms with Crippen LogP contribution in [0.1, 0.15) is 31.2 Å². The van der Waals surface area contributed by atoms with E-state index in [9.17, 15) is 0 Å². The molecule has 1 aromatic rings. The smallest absolute Gasteiger partial charge is 0.191 e. The van der Waals surface area contributed by atoms with E-state index in [-0.39, 0.29) is 0 Å². The standard InChI is InChI=1S/C14H20ClN3/c1-18(10-11-6-2-5-9-13(11)15)14(16)17-12-7-3-4-8-12/h2,5-6,9,12H,3-4,7-8,10H2,1H3,(H2,16,17). The Balaban J connectivity index is 1.98. The van der Waals surface area contributed by atoms with Crippen LogP contribution in [0.5, 0.6) is 0 Å². The van der Waals surface area contributed by atoms with Crippen LogP contribution in [0.2, 0.25) is 5.02 Å². The van der Waals surface area contributed by atoms with Gasteiger partial charge in [0.1, 0.15) is 0 Å². The van der Waals surface area contributed by atoms with Gasteiger partial charge in [0.25, 0.3) is 0 Å². The van der Waals surface area contributed by atoms with Gasteiger partial charge in [0.2, 0.25) is 0 Å². The van der Waals surface area contributed by atoms with Crippen LogP contribution in [-0.4, -0.2) is 23.9 Å². The van der Waals surface area contributed by atoms with Gasteiger partial charge in [-0.2, -0.15) is 0 Å². The van der Waals surface area contributed by atoms with Gasteiger partial charge in [0.15, 0.2) is 5.96 Å². The zero-order valence-electron chi connectivity index (χ0n) is 10.8. The molecule has 2 N–H and O–H groups in total. The Morgan fingerprint density at radius 2 is 2.06 bits per heavy atom. The second-order valence-electron chi connectivity index (χ2n) is 4.87. The first-order chi connectivity index (χ1) is 8.66. The van der Waals surface area contributed by atoms with Crippen LogP contribution in [0.25, 0.3) is 0 Å². The van der Waals surface area contributed by atoms with E-state index in [2.05, 4.69) is 4.99 Å². The van der Waals surface area contributed by atoms with Crippen molar-refractivity contribution < 1.29 is 0 Å². The van der Waals surface area contributed by atoms with Crippen molar-refractivity contribution in [3.05, 3.63) is 34.9 Å². The van der Waals surface area contributed by atoms with Gasteiger partial charge in [-0.25, -0.2) is 4.99 Å². The van der Waals surface area contributed by atoms with Gasteiger partial charge in [-0.15, -0.1) is 0 Å². The van der Waals surface area contributed by atoms with Gasteiger partial charge in [-0.1, -0.05) is 42.6 Å². The molecule has 0 bridgehead atoms. The Kier molecular flexibility index (Phi) is 4.48. The monoisotopic (exact) mass is 265 g/mol. The fraction of sp³-hybridized carbons (Fsp3) is 0.500. The van der Waals surface area contributed by atoms with Crippen LogP contribution in [0.3, 0.4) is 0 Å². The number of benzene rings is 1. The van der Waals surface area contributed by atoms with Gasteiger partial charge in [-0.3, -0.25) is 0 Å². The summed E-state index contributed by atoms with van der Waals surface area (Å²) in [6.07, 6.45) is 4.88. The molecule has 2 rings (SSSR count). The Morgan fingerprint density at radius 3 is 2.72 bits per heavy atom. The van der Waals surface area contributed by atoms with E-state index in [4.69, 9.17) is 17.3 Å². The molecule has 1 aromatic carbocycles. The predicted molar refractivity (Wildman–Crippen MR) is 76.8 cm³/mol. The summed E-state index contributed by atoms with van der Waals surface area (Å²) in [5.41, 5.74) is 7.10. The van der Waals surface area contributed by atoms with E-state index in [0.717, 1.165) is 10.6 Å². The lowest BCUT2D eigenvalue weighted by molar-refractivity contribution is 0.486. The summed E-state index contributed by atoms with van der Waals surface area (Å²) in [4.78, 5) is 6.54. The largest absolute Gasteiger partial charge is 0.370 e. The molecule has 1 aliphatic rings. The van der Waals surface area contributed by atoms with Crippen molar-refractivity contribution in [2.24, 2.45) is 10.7 Å². The lowest BCUT2D eigenvalue weighted by atomic mass is 10.2. The zero-order chi connectivity index (χ0) is 13.0. The first kappa shape index (κ1) is 13.2. The Bertz CT molecular complexity index is 425. The Morgan fingerprint density at radius 1 is 1.39 bits per heavy atom. The molecular weight excluding hydrogens is 246 g/mol. The quantitative estimate of drug-likeness (QED) is 0.674. The van der Waals surface area contributed by atoms with E-state index in [1.54, 1.807) is 0 Å². The van der Waals surface area contributed by atoms with Crippen molar-refractivity contribution in [1.82, 2.24) is 4.90 Å². The minimum Gasteiger partial charge on any atom is -0.370 e. The first-order valence-electron chi connectivity index (χ1n) is 6.44. The van der Waals surface area contributed by atoms with Crippen LogP contribution < -0.4 is 5.73 Å². The molecule has 0 heterocycles. The van der Waals surface area contributed by atoms with E-state index in [0.29, 0.717) is 18.5 Å². The van der Waals surface area contributed by atoms with E-state index in [1.165, 1.54) is 25.7 Å². The molecule has 0 spiro atoms. The van der Waals surface area contributed by atoms with Gasteiger partial charge in [-0.05, 0) is 24.5 Å². The molecule has 0 unspecified atom stereocenters. The van der Waals surface area contributed by atoms with Crippen LogP contribution in [0, 0.1) is 0 Å². The molecule has 0 aromatic heterocycles. The molecule has 0 amide bonds. The topological polar surface area (TPSA) is 41.6 Å². The molecule has 1 fully saturated rings. The predicted octanol–water partition coefficient (Wildman–Crippen LogP) is 3.03. The molecule has 18 heavy (non-hydrogen) atoms. The van der Waals surface area contributed by atoms with E-state index >= 15 is 0 Å². The maximum Gasteiger partial charge on any atom is 0.191 e. The van der Waals surface area contributed by atoms with Crippen LogP contribution in [-0.2, 0) is 6.54 Å². The minimum atomic E-state index is 0.415. The highest BCUT2D eigenvalue weighted by Crippen LogP contribution is 2.21. The fourth-order valence-electron chi connectivity index (χ4n) is 2.28. The number of aliphatic imine (C=N–C) groups is 1. The minimum absolute atomic E-state index is 0.415. The van der Waals surface area contributed by atoms with Gasteiger partial charge >= 0.3 is 0 Å². The molecule has 4 heteroatoms. The molecule has 0 radical (unpaired) electrons. The van der Waals surface area contributed by atoms with Crippen LogP contribution in [0.4, 0.5) is 0 Å². The molecule has 3 nitrogen and oxygen atoms in total. The van der Waals surface area contributed by atoms with Crippen molar-refractivity contribution in [3.8, 4) is 0 Å². The molecule has 0 aliphatic heterocycles. The van der Waals surface area contributed by atoms with Crippen molar-refractivity contribution in [1.29, 1.82) is 0 Å². The van der Waals surface area contributed by atoms with Crippen molar-refractivity contribution in [2.45, 2.75) is 38.3 Å². The number of halogens is 1. The van der Waals surface area contributed by atoms with Crippen molar-refractivity contribution >= 4 is 17.6 Å². The third-order valence-electron chi connectivity index (χ3n) is 3.40. The summed E-state index contributed by atoms with van der Waals surface area (Å²) in [6.45, 7) is 0.696. The number of guanidine groups is 1. The van der Waals surface area contributed by atoms with Gasteiger partial charge in [0, 0.05) is 18.6 Å². The lowest BCUT2D eigenvalue weighted by Gasteiger charge is -2.20. The Hall–Kier alpha value is -1.22. The molecule has 1 aliphatic carbocycles. The second-order valence-corrected chi connectivity index (χ2v) is 5.28. The van der Waals surface area contributed by atoms with Crippen LogP contribution >= 0.6 is 11.6 Å². The summed E-state index contributed by atoms with van der Waals surface area (Å²) < 4.78 is 0. The van der Waals surface area contributed by atoms with Crippen molar-refractivity contribution in [2.75, 3.05) is 7.05 Å². The van der Waals surface area contributed by atoms with Gasteiger partial charge in [0.05, 0.1) is 6.04 Å². The number of nitrogens with zero attached hydrogens (tertiary/aromatic N) is 2. The number of rotatable bonds is 3. The average Bonchev–Trinajstić information content (AvgIpc) is 2.84. The van der Waals surface area contributed by atoms with Gasteiger partial charge < -0.3 is 10.6 Å². The third kappa shape index (κ3) is 3.39. The molecule has 0 saturated heterocycles. The summed E-state index contributed by atoms with van der Waals surface area (Å²) in [7, 11) is 1.96. The second kappa shape index (κ2) is 6.10. The average molecular weight is 266 g/mol. The molecule has 0 atom stereocenters. The van der Waals surface area contributed by atoms with Crippen LogP contribution in [0.15, 0.2) is 29.3 Å². The fourth-order valence-corrected chi connectivity index (χ4v) is 2.48. The third-order valence-corrected chi connectivity index (χ3v) is 3.76. The summed E-state index contributed by atoms with van der Waals surface area (Å²) in [6, 6.07) is 8.25. The lowest BCUT2D eigenvalue weighted by Crippen LogP contribution is -2.34. The molecule has 1 saturated carbocycles. The summed E-state index contributed by atoms with van der Waals surface area (Å²) in [5.74, 6) is 0.613. The molecule has 98 valence electrons. The number of nitrogens with two attached hydrogens (primary N) is 1. The maximum absolute atomic E-state index is 6.14. The summed E-state index contributed by atoms with van der Waals surface area (Å²) in [5, 5.41) is 0.776. The number of hydrogen-bond donors (Lipinski definition) is 1. The summed E-state index contributed by atoms with van der Waals surface area (Å²) >= 11 is 6.14. The highest BCUT2D eigenvalue weighted by atomic mass is 35.5. The first-order valence-corrected chi connectivity index (χ1v) is 6.82. The van der Waals surface area contributed by atoms with Crippen molar-refractivity contribution in [3.63, 3.8) is 0 Å². The highest BCUT2D eigenvalue weighted by Gasteiger charge is 2.15.